The highest BCUT2D eigenvalue weighted by atomic mass is 127. The van der Waals surface area contributed by atoms with E-state index in [4.69, 9.17) is 11.6 Å². The number of nitrogens with zero attached hydrogens (tertiary/aromatic N) is 3. The topological polar surface area (TPSA) is 55.2 Å². The van der Waals surface area contributed by atoms with Gasteiger partial charge in [0.05, 0.1) is 6.33 Å². The Morgan fingerprint density at radius 1 is 1.56 bits per heavy atom. The molecule has 0 bridgehead atoms. The average Bonchev–Trinajstić information content (AvgIpc) is 2.36. The van der Waals surface area contributed by atoms with Crippen LogP contribution in [0.4, 0.5) is 0 Å². The van der Waals surface area contributed by atoms with E-state index >= 15 is 0 Å². The molecule has 1 atom stereocenters. The Kier molecular flexibility index (Phi) is 5.58. The van der Waals surface area contributed by atoms with Crippen molar-refractivity contribution in [3.63, 3.8) is 0 Å². The van der Waals surface area contributed by atoms with Crippen LogP contribution in [0.1, 0.15) is 26.8 Å². The summed E-state index contributed by atoms with van der Waals surface area (Å²) in [6, 6.07) is -0.573. The summed E-state index contributed by atoms with van der Waals surface area (Å²) in [5, 5.41) is 0.166. The number of amides is 1. The van der Waals surface area contributed by atoms with Gasteiger partial charge in [0.25, 0.3) is 5.56 Å². The zero-order valence-corrected chi connectivity index (χ0v) is 13.4. The molecular formula is C11H15ClIN3O2. The maximum atomic E-state index is 12.2. The van der Waals surface area contributed by atoms with Gasteiger partial charge in [0.15, 0.2) is 0 Å². The Bertz CT molecular complexity index is 500. The van der Waals surface area contributed by atoms with Gasteiger partial charge in [-0.25, -0.2) is 4.98 Å². The quantitative estimate of drug-likeness (QED) is 0.590. The minimum atomic E-state index is -0.573. The molecule has 18 heavy (non-hydrogen) atoms. The molecule has 0 saturated carbocycles. The van der Waals surface area contributed by atoms with Crippen molar-refractivity contribution in [3.05, 3.63) is 25.4 Å². The highest BCUT2D eigenvalue weighted by Gasteiger charge is 2.22. The van der Waals surface area contributed by atoms with Gasteiger partial charge < -0.3 is 4.90 Å². The summed E-state index contributed by atoms with van der Waals surface area (Å²) >= 11 is 7.59. The average molecular weight is 384 g/mol. The molecule has 1 unspecified atom stereocenters. The molecule has 1 aromatic rings. The minimum absolute atomic E-state index is 0.0953. The molecule has 0 radical (unpaired) electrons. The Hall–Kier alpha value is -0.630. The molecule has 7 heteroatoms. The number of aromatic nitrogens is 2. The molecular weight excluding hydrogens is 368 g/mol. The molecule has 1 aromatic heterocycles. The van der Waals surface area contributed by atoms with Gasteiger partial charge in [-0.15, -0.1) is 0 Å². The highest BCUT2D eigenvalue weighted by molar-refractivity contribution is 14.1. The third-order valence-corrected chi connectivity index (χ3v) is 4.33. The third-order valence-electron chi connectivity index (χ3n) is 2.75. The normalized spacial score (nSPS) is 12.3. The van der Waals surface area contributed by atoms with Crippen LogP contribution in [-0.2, 0) is 4.79 Å². The van der Waals surface area contributed by atoms with Gasteiger partial charge in [0.1, 0.15) is 14.8 Å². The lowest BCUT2D eigenvalue weighted by molar-refractivity contribution is -0.134. The van der Waals surface area contributed by atoms with Crippen LogP contribution < -0.4 is 5.56 Å². The lowest BCUT2D eigenvalue weighted by Crippen LogP contribution is -2.39. The fourth-order valence-corrected chi connectivity index (χ4v) is 2.16. The van der Waals surface area contributed by atoms with Gasteiger partial charge in [0, 0.05) is 13.1 Å². The molecule has 100 valence electrons. The number of carbonyl (C=O) groups excluding carboxylic acids is 1. The van der Waals surface area contributed by atoms with Gasteiger partial charge in [-0.05, 0) is 43.4 Å². The number of hydrogen-bond acceptors (Lipinski definition) is 3. The van der Waals surface area contributed by atoms with Crippen LogP contribution in [-0.4, -0.2) is 33.4 Å². The van der Waals surface area contributed by atoms with Gasteiger partial charge in [-0.2, -0.15) is 0 Å². The van der Waals surface area contributed by atoms with E-state index in [2.05, 4.69) is 4.98 Å². The number of hydrogen-bond donors (Lipinski definition) is 0. The Morgan fingerprint density at radius 2 is 2.11 bits per heavy atom. The predicted molar refractivity (Wildman–Crippen MR) is 78.9 cm³/mol. The number of carbonyl (C=O) groups is 1. The number of likely N-dealkylation sites (N-methyl/N-ethyl adjacent to an activating group) is 1. The molecule has 1 amide bonds. The van der Waals surface area contributed by atoms with E-state index in [-0.39, 0.29) is 16.6 Å². The van der Waals surface area contributed by atoms with E-state index in [1.807, 2.05) is 36.4 Å². The van der Waals surface area contributed by atoms with Crippen molar-refractivity contribution in [1.29, 1.82) is 0 Å². The van der Waals surface area contributed by atoms with Crippen LogP contribution in [0.25, 0.3) is 0 Å². The van der Waals surface area contributed by atoms with Gasteiger partial charge in [-0.3, -0.25) is 14.2 Å². The Morgan fingerprint density at radius 3 is 2.61 bits per heavy atom. The fourth-order valence-electron chi connectivity index (χ4n) is 1.62. The van der Waals surface area contributed by atoms with Crippen molar-refractivity contribution in [2.45, 2.75) is 26.8 Å². The van der Waals surface area contributed by atoms with Crippen molar-refractivity contribution < 1.29 is 4.79 Å². The van der Waals surface area contributed by atoms with E-state index in [0.717, 1.165) is 0 Å². The summed E-state index contributed by atoms with van der Waals surface area (Å²) in [6.07, 6.45) is 1.32. The summed E-state index contributed by atoms with van der Waals surface area (Å²) in [7, 11) is 0. The second-order valence-electron chi connectivity index (χ2n) is 3.75. The summed E-state index contributed by atoms with van der Waals surface area (Å²) in [5.41, 5.74) is -0.288. The van der Waals surface area contributed by atoms with Crippen LogP contribution in [0.2, 0.25) is 5.15 Å². The zero-order valence-electron chi connectivity index (χ0n) is 10.5. The first-order chi connectivity index (χ1) is 8.43. The standard InChI is InChI=1S/C11H15ClIN3O2/c1-4-15(5-2)10(17)7(3)16-6-14-9(12)8(13)11(16)18/h6-7H,4-5H2,1-3H3. The molecule has 5 nitrogen and oxygen atoms in total. The lowest BCUT2D eigenvalue weighted by Gasteiger charge is -2.23. The van der Waals surface area contributed by atoms with Gasteiger partial charge in [0.2, 0.25) is 5.91 Å². The van der Waals surface area contributed by atoms with Crippen LogP contribution in [0, 0.1) is 3.57 Å². The van der Waals surface area contributed by atoms with E-state index in [1.54, 1.807) is 11.8 Å². The highest BCUT2D eigenvalue weighted by Crippen LogP contribution is 2.13. The zero-order chi connectivity index (χ0) is 13.9. The maximum absolute atomic E-state index is 12.2. The van der Waals surface area contributed by atoms with Crippen LogP contribution >= 0.6 is 34.2 Å². The first kappa shape index (κ1) is 15.4. The van der Waals surface area contributed by atoms with Crippen LogP contribution in [0.15, 0.2) is 11.1 Å². The predicted octanol–water partition coefficient (Wildman–Crippen LogP) is 1.93. The maximum Gasteiger partial charge on any atom is 0.269 e. The second-order valence-corrected chi connectivity index (χ2v) is 5.19. The molecule has 0 aliphatic heterocycles. The summed E-state index contributed by atoms with van der Waals surface area (Å²) in [6.45, 7) is 6.73. The van der Waals surface area contributed by atoms with Crippen molar-refractivity contribution in [1.82, 2.24) is 14.5 Å². The number of rotatable bonds is 4. The smallest absolute Gasteiger partial charge is 0.269 e. The Labute approximate surface area is 124 Å². The molecule has 0 aromatic carbocycles. The molecule has 1 rings (SSSR count). The monoisotopic (exact) mass is 383 g/mol. The first-order valence-corrected chi connectivity index (χ1v) is 7.10. The van der Waals surface area contributed by atoms with Crippen molar-refractivity contribution in [2.75, 3.05) is 13.1 Å². The van der Waals surface area contributed by atoms with E-state index < -0.39 is 6.04 Å². The van der Waals surface area contributed by atoms with E-state index in [9.17, 15) is 9.59 Å². The SMILES string of the molecule is CCN(CC)C(=O)C(C)n1cnc(Cl)c(I)c1=O. The van der Waals surface area contributed by atoms with Crippen molar-refractivity contribution >= 4 is 40.1 Å². The van der Waals surface area contributed by atoms with Gasteiger partial charge >= 0.3 is 0 Å². The lowest BCUT2D eigenvalue weighted by atomic mass is 10.2. The third kappa shape index (κ3) is 3.03. The molecule has 0 spiro atoms. The van der Waals surface area contributed by atoms with Crippen molar-refractivity contribution in [3.8, 4) is 0 Å². The molecule has 0 aliphatic carbocycles. The molecule has 0 N–H and O–H groups in total. The largest absolute Gasteiger partial charge is 0.341 e. The summed E-state index contributed by atoms with van der Waals surface area (Å²) < 4.78 is 1.64. The van der Waals surface area contributed by atoms with Crippen LogP contribution in [0.3, 0.4) is 0 Å². The second kappa shape index (κ2) is 6.51. The minimum Gasteiger partial charge on any atom is -0.341 e. The fraction of sp³-hybridized carbons (Fsp3) is 0.545. The molecule has 0 aliphatic rings. The van der Waals surface area contributed by atoms with Crippen molar-refractivity contribution in [2.24, 2.45) is 0 Å². The summed E-state index contributed by atoms with van der Waals surface area (Å²) in [5.74, 6) is -0.0953. The summed E-state index contributed by atoms with van der Waals surface area (Å²) in [4.78, 5) is 29.7. The van der Waals surface area contributed by atoms with Crippen LogP contribution in [0.5, 0.6) is 0 Å². The molecule has 0 saturated heterocycles. The Balaban J connectivity index is 3.12. The molecule has 0 fully saturated rings. The van der Waals surface area contributed by atoms with E-state index in [1.165, 1.54) is 10.9 Å². The van der Waals surface area contributed by atoms with Gasteiger partial charge in [-0.1, -0.05) is 11.6 Å². The first-order valence-electron chi connectivity index (χ1n) is 5.64. The number of halogens is 2. The van der Waals surface area contributed by atoms with E-state index in [0.29, 0.717) is 16.7 Å². The molecule has 1 heterocycles.